The molecule has 0 spiro atoms. The smallest absolute Gasteiger partial charge is 0.128 e. The van der Waals surface area contributed by atoms with Crippen molar-refractivity contribution in [2.24, 2.45) is 5.10 Å². The third-order valence-electron chi connectivity index (χ3n) is 3.58. The SMILES string of the molecule is Oc1ccc(C=NN(Cc2ccccc2)c2ccccc2)c(O)c1. The molecule has 0 atom stereocenters. The minimum Gasteiger partial charge on any atom is -0.508 e. The molecule has 0 aliphatic carbocycles. The van der Waals surface area contributed by atoms with E-state index in [4.69, 9.17) is 0 Å². The largest absolute Gasteiger partial charge is 0.508 e. The third kappa shape index (κ3) is 3.93. The lowest BCUT2D eigenvalue weighted by Gasteiger charge is -2.19. The molecule has 3 rings (SSSR count). The minimum atomic E-state index is -0.00790. The minimum absolute atomic E-state index is 0.00790. The lowest BCUT2D eigenvalue weighted by Crippen LogP contribution is -2.16. The van der Waals surface area contributed by atoms with E-state index in [-0.39, 0.29) is 11.5 Å². The van der Waals surface area contributed by atoms with E-state index in [2.05, 4.69) is 5.10 Å². The first kappa shape index (κ1) is 15.6. The Labute approximate surface area is 140 Å². The van der Waals surface area contributed by atoms with Crippen molar-refractivity contribution in [3.05, 3.63) is 90.0 Å². The van der Waals surface area contributed by atoms with Crippen LogP contribution in [0.1, 0.15) is 11.1 Å². The summed E-state index contributed by atoms with van der Waals surface area (Å²) in [4.78, 5) is 0. The fraction of sp³-hybridized carbons (Fsp3) is 0.0500. The van der Waals surface area contributed by atoms with Gasteiger partial charge in [0.15, 0.2) is 0 Å². The lowest BCUT2D eigenvalue weighted by molar-refractivity contribution is 0.450. The van der Waals surface area contributed by atoms with Gasteiger partial charge in [0, 0.05) is 11.6 Å². The van der Waals surface area contributed by atoms with Crippen LogP contribution >= 0.6 is 0 Å². The maximum atomic E-state index is 9.89. The van der Waals surface area contributed by atoms with Crippen molar-refractivity contribution >= 4 is 11.9 Å². The van der Waals surface area contributed by atoms with Crippen molar-refractivity contribution in [3.63, 3.8) is 0 Å². The van der Waals surface area contributed by atoms with Crippen molar-refractivity contribution in [1.29, 1.82) is 0 Å². The van der Waals surface area contributed by atoms with Crippen LogP contribution in [0.15, 0.2) is 84.0 Å². The van der Waals surface area contributed by atoms with Gasteiger partial charge in [-0.2, -0.15) is 5.10 Å². The van der Waals surface area contributed by atoms with E-state index in [0.29, 0.717) is 12.1 Å². The van der Waals surface area contributed by atoms with E-state index in [1.54, 1.807) is 12.3 Å². The molecule has 4 nitrogen and oxygen atoms in total. The summed E-state index contributed by atoms with van der Waals surface area (Å²) in [5, 5.41) is 25.6. The summed E-state index contributed by atoms with van der Waals surface area (Å²) >= 11 is 0. The molecule has 0 saturated carbocycles. The zero-order valence-corrected chi connectivity index (χ0v) is 13.1. The first-order valence-corrected chi connectivity index (χ1v) is 7.65. The van der Waals surface area contributed by atoms with Crippen molar-refractivity contribution in [2.45, 2.75) is 6.54 Å². The molecule has 0 amide bonds. The Hall–Kier alpha value is -3.27. The molecule has 0 heterocycles. The maximum Gasteiger partial charge on any atom is 0.128 e. The number of anilines is 1. The van der Waals surface area contributed by atoms with Crippen molar-refractivity contribution in [2.75, 3.05) is 5.01 Å². The number of hydrogen-bond donors (Lipinski definition) is 2. The van der Waals surface area contributed by atoms with Gasteiger partial charge in [0.2, 0.25) is 0 Å². The predicted molar refractivity (Wildman–Crippen MR) is 96.4 cm³/mol. The van der Waals surface area contributed by atoms with Gasteiger partial charge in [-0.3, -0.25) is 5.01 Å². The highest BCUT2D eigenvalue weighted by molar-refractivity contribution is 5.84. The molecule has 0 aliphatic rings. The molecule has 0 aromatic heterocycles. The Balaban J connectivity index is 1.88. The number of hydrazone groups is 1. The average Bonchev–Trinajstić information content (AvgIpc) is 2.61. The summed E-state index contributed by atoms with van der Waals surface area (Å²) in [5.74, 6) is 0.0142. The Bertz CT molecular complexity index is 818. The number of nitrogens with zero attached hydrogens (tertiary/aromatic N) is 2. The molecule has 120 valence electrons. The summed E-state index contributed by atoms with van der Waals surface area (Å²) < 4.78 is 0. The fourth-order valence-corrected chi connectivity index (χ4v) is 2.33. The van der Waals surface area contributed by atoms with Gasteiger partial charge in [-0.1, -0.05) is 48.5 Å². The van der Waals surface area contributed by atoms with Crippen molar-refractivity contribution in [3.8, 4) is 11.5 Å². The predicted octanol–water partition coefficient (Wildman–Crippen LogP) is 4.14. The first-order chi connectivity index (χ1) is 11.7. The maximum absolute atomic E-state index is 9.89. The summed E-state index contributed by atoms with van der Waals surface area (Å²) in [6, 6.07) is 24.3. The molecule has 3 aromatic rings. The van der Waals surface area contributed by atoms with Crippen LogP contribution in [-0.2, 0) is 6.54 Å². The Morgan fingerprint density at radius 3 is 2.17 bits per heavy atom. The van der Waals surface area contributed by atoms with Crippen LogP contribution in [-0.4, -0.2) is 16.4 Å². The van der Waals surface area contributed by atoms with Gasteiger partial charge < -0.3 is 10.2 Å². The second-order valence-electron chi connectivity index (χ2n) is 5.37. The van der Waals surface area contributed by atoms with Crippen LogP contribution < -0.4 is 5.01 Å². The summed E-state index contributed by atoms with van der Waals surface area (Å²) in [6.45, 7) is 0.611. The van der Waals surface area contributed by atoms with Gasteiger partial charge in [-0.15, -0.1) is 0 Å². The second kappa shape index (κ2) is 7.33. The van der Waals surface area contributed by atoms with Crippen molar-refractivity contribution < 1.29 is 10.2 Å². The van der Waals surface area contributed by atoms with Crippen LogP contribution in [0.4, 0.5) is 5.69 Å². The molecule has 4 heteroatoms. The van der Waals surface area contributed by atoms with Gasteiger partial charge in [-0.25, -0.2) is 0 Å². The molecule has 0 radical (unpaired) electrons. The number of aromatic hydroxyl groups is 2. The van der Waals surface area contributed by atoms with Crippen LogP contribution in [0.2, 0.25) is 0 Å². The van der Waals surface area contributed by atoms with Crippen LogP contribution in [0, 0.1) is 0 Å². The topological polar surface area (TPSA) is 56.1 Å². The van der Waals surface area contributed by atoms with E-state index in [1.807, 2.05) is 65.7 Å². The fourth-order valence-electron chi connectivity index (χ4n) is 2.33. The van der Waals surface area contributed by atoms with E-state index in [9.17, 15) is 10.2 Å². The molecule has 0 saturated heterocycles. The van der Waals surface area contributed by atoms with E-state index in [1.165, 1.54) is 12.1 Å². The van der Waals surface area contributed by atoms with E-state index in [0.717, 1.165) is 11.3 Å². The van der Waals surface area contributed by atoms with Crippen molar-refractivity contribution in [1.82, 2.24) is 0 Å². The highest BCUT2D eigenvalue weighted by Gasteiger charge is 2.06. The normalized spacial score (nSPS) is 10.8. The highest BCUT2D eigenvalue weighted by Crippen LogP contribution is 2.22. The molecular weight excluding hydrogens is 300 g/mol. The highest BCUT2D eigenvalue weighted by atomic mass is 16.3. The lowest BCUT2D eigenvalue weighted by atomic mass is 10.2. The van der Waals surface area contributed by atoms with Gasteiger partial charge >= 0.3 is 0 Å². The Morgan fingerprint density at radius 1 is 0.833 bits per heavy atom. The summed E-state index contributed by atoms with van der Waals surface area (Å²) in [5.41, 5.74) is 2.63. The molecule has 3 aromatic carbocycles. The number of hydrogen-bond acceptors (Lipinski definition) is 4. The number of benzene rings is 3. The molecular formula is C20H18N2O2. The van der Waals surface area contributed by atoms with Gasteiger partial charge in [-0.05, 0) is 29.8 Å². The zero-order chi connectivity index (χ0) is 16.8. The van der Waals surface area contributed by atoms with Gasteiger partial charge in [0.1, 0.15) is 11.5 Å². The molecule has 0 fully saturated rings. The average molecular weight is 318 g/mol. The van der Waals surface area contributed by atoms with Crippen LogP contribution in [0.25, 0.3) is 0 Å². The quantitative estimate of drug-likeness (QED) is 0.549. The number of phenolic OH excluding ortho intramolecular Hbond substituents is 2. The van der Waals surface area contributed by atoms with Crippen LogP contribution in [0.5, 0.6) is 11.5 Å². The Kier molecular flexibility index (Phi) is 4.77. The van der Waals surface area contributed by atoms with Crippen LogP contribution in [0.3, 0.4) is 0 Å². The third-order valence-corrected chi connectivity index (χ3v) is 3.58. The summed E-state index contributed by atoms with van der Waals surface area (Å²) in [7, 11) is 0. The number of para-hydroxylation sites is 1. The molecule has 0 unspecified atom stereocenters. The number of rotatable bonds is 5. The zero-order valence-electron chi connectivity index (χ0n) is 13.1. The summed E-state index contributed by atoms with van der Waals surface area (Å²) in [6.07, 6.45) is 1.59. The molecule has 2 N–H and O–H groups in total. The molecule has 0 aliphatic heterocycles. The second-order valence-corrected chi connectivity index (χ2v) is 5.37. The van der Waals surface area contributed by atoms with Gasteiger partial charge in [0.25, 0.3) is 0 Å². The Morgan fingerprint density at radius 2 is 1.50 bits per heavy atom. The first-order valence-electron chi connectivity index (χ1n) is 7.65. The molecule has 0 bridgehead atoms. The van der Waals surface area contributed by atoms with E-state index < -0.39 is 0 Å². The standard InChI is InChI=1S/C20H18N2O2/c23-19-12-11-17(20(24)13-19)14-21-22(18-9-5-2-6-10-18)15-16-7-3-1-4-8-16/h1-14,23-24H,15H2. The molecule has 24 heavy (non-hydrogen) atoms. The number of phenols is 2. The monoisotopic (exact) mass is 318 g/mol. The van der Waals surface area contributed by atoms with Gasteiger partial charge in [0.05, 0.1) is 18.4 Å². The van der Waals surface area contributed by atoms with E-state index >= 15 is 0 Å².